The first kappa shape index (κ1) is 9.13. The molecule has 14 heavy (non-hydrogen) atoms. The maximum Gasteiger partial charge on any atom is 0.0892 e. The van der Waals surface area contributed by atoms with Crippen LogP contribution in [-0.2, 0) is 6.42 Å². The summed E-state index contributed by atoms with van der Waals surface area (Å²) in [7, 11) is 0. The minimum absolute atomic E-state index is 0.940. The van der Waals surface area contributed by atoms with Crippen LogP contribution in [0.15, 0.2) is 18.3 Å². The molecule has 0 aliphatic carbocycles. The highest BCUT2D eigenvalue weighted by Gasteiger charge is 2.01. The van der Waals surface area contributed by atoms with Gasteiger partial charge in [-0.05, 0) is 43.5 Å². The maximum absolute atomic E-state index is 4.53. The van der Waals surface area contributed by atoms with Gasteiger partial charge in [-0.25, -0.2) is 4.98 Å². The van der Waals surface area contributed by atoms with Crippen molar-refractivity contribution in [3.05, 3.63) is 35.2 Å². The third-order valence-electron chi connectivity index (χ3n) is 2.57. The number of aryl methyl sites for hydroxylation is 3. The van der Waals surface area contributed by atoms with Crippen molar-refractivity contribution in [3.8, 4) is 0 Å². The lowest BCUT2D eigenvalue weighted by atomic mass is 10.1. The molecule has 2 heteroatoms. The number of aromatic nitrogens is 2. The van der Waals surface area contributed by atoms with Gasteiger partial charge >= 0.3 is 0 Å². The number of hydrogen-bond acceptors (Lipinski definition) is 2. The van der Waals surface area contributed by atoms with Crippen molar-refractivity contribution in [2.75, 3.05) is 0 Å². The zero-order chi connectivity index (χ0) is 10.1. The molecule has 0 radical (unpaired) electrons. The fraction of sp³-hybridized carbons (Fsp3) is 0.333. The number of hydrogen-bond donors (Lipinski definition) is 0. The average molecular weight is 186 g/mol. The SMILES string of the molecule is CCc1cnc2cc(C)c(C)cc2n1. The monoisotopic (exact) mass is 186 g/mol. The Morgan fingerprint density at radius 3 is 2.36 bits per heavy atom. The molecule has 0 unspecified atom stereocenters. The van der Waals surface area contributed by atoms with Gasteiger partial charge < -0.3 is 0 Å². The quantitative estimate of drug-likeness (QED) is 0.684. The summed E-state index contributed by atoms with van der Waals surface area (Å²) in [5, 5.41) is 0. The largest absolute Gasteiger partial charge is 0.253 e. The van der Waals surface area contributed by atoms with Crippen LogP contribution in [0.5, 0.6) is 0 Å². The fourth-order valence-corrected chi connectivity index (χ4v) is 1.48. The molecule has 0 bridgehead atoms. The summed E-state index contributed by atoms with van der Waals surface area (Å²) >= 11 is 0. The van der Waals surface area contributed by atoms with Gasteiger partial charge in [-0.3, -0.25) is 4.98 Å². The van der Waals surface area contributed by atoms with E-state index in [9.17, 15) is 0 Å². The minimum atomic E-state index is 0.940. The van der Waals surface area contributed by atoms with Gasteiger partial charge in [0.05, 0.1) is 16.7 Å². The van der Waals surface area contributed by atoms with E-state index in [2.05, 4.69) is 42.9 Å². The molecule has 0 atom stereocenters. The van der Waals surface area contributed by atoms with E-state index in [4.69, 9.17) is 0 Å². The normalized spacial score (nSPS) is 10.8. The highest BCUT2D eigenvalue weighted by atomic mass is 14.8. The number of benzene rings is 1. The Morgan fingerprint density at radius 2 is 1.71 bits per heavy atom. The first-order chi connectivity index (χ1) is 6.70. The van der Waals surface area contributed by atoms with Gasteiger partial charge in [-0.15, -0.1) is 0 Å². The summed E-state index contributed by atoms with van der Waals surface area (Å²) < 4.78 is 0. The van der Waals surface area contributed by atoms with Crippen LogP contribution in [0.4, 0.5) is 0 Å². The zero-order valence-electron chi connectivity index (χ0n) is 8.83. The third kappa shape index (κ3) is 1.48. The molecule has 0 aliphatic heterocycles. The van der Waals surface area contributed by atoms with Crippen LogP contribution < -0.4 is 0 Å². The Bertz CT molecular complexity index is 475. The van der Waals surface area contributed by atoms with Gasteiger partial charge in [0.2, 0.25) is 0 Å². The summed E-state index contributed by atoms with van der Waals surface area (Å²) in [5.74, 6) is 0. The molecule has 1 aromatic carbocycles. The van der Waals surface area contributed by atoms with Crippen LogP contribution in [-0.4, -0.2) is 9.97 Å². The van der Waals surface area contributed by atoms with Gasteiger partial charge in [-0.1, -0.05) is 6.92 Å². The highest BCUT2D eigenvalue weighted by molar-refractivity contribution is 5.76. The molecule has 1 heterocycles. The second-order valence-corrected chi connectivity index (χ2v) is 3.64. The van der Waals surface area contributed by atoms with Crippen molar-refractivity contribution in [1.29, 1.82) is 0 Å². The lowest BCUT2D eigenvalue weighted by molar-refractivity contribution is 1.03. The Hall–Kier alpha value is -1.44. The van der Waals surface area contributed by atoms with Gasteiger partial charge in [-0.2, -0.15) is 0 Å². The van der Waals surface area contributed by atoms with Crippen LogP contribution >= 0.6 is 0 Å². The molecule has 0 N–H and O–H groups in total. The van der Waals surface area contributed by atoms with Crippen LogP contribution in [0.25, 0.3) is 11.0 Å². The van der Waals surface area contributed by atoms with Gasteiger partial charge in [0.25, 0.3) is 0 Å². The zero-order valence-corrected chi connectivity index (χ0v) is 8.83. The van der Waals surface area contributed by atoms with Crippen molar-refractivity contribution in [2.45, 2.75) is 27.2 Å². The molecule has 0 aliphatic rings. The van der Waals surface area contributed by atoms with Crippen LogP contribution in [0.2, 0.25) is 0 Å². The first-order valence-electron chi connectivity index (χ1n) is 4.93. The Balaban J connectivity index is 2.70. The molecule has 2 nitrogen and oxygen atoms in total. The van der Waals surface area contributed by atoms with Gasteiger partial charge in [0.1, 0.15) is 0 Å². The van der Waals surface area contributed by atoms with E-state index in [0.717, 1.165) is 23.1 Å². The summed E-state index contributed by atoms with van der Waals surface area (Å²) in [5.41, 5.74) is 5.61. The molecule has 0 spiro atoms. The van der Waals surface area contributed by atoms with Gasteiger partial charge in [0.15, 0.2) is 0 Å². The Labute approximate surface area is 84.0 Å². The predicted molar refractivity (Wildman–Crippen MR) is 58.4 cm³/mol. The average Bonchev–Trinajstić information content (AvgIpc) is 2.19. The Kier molecular flexibility index (Phi) is 2.20. The summed E-state index contributed by atoms with van der Waals surface area (Å²) in [6, 6.07) is 4.20. The van der Waals surface area contributed by atoms with E-state index < -0.39 is 0 Å². The topological polar surface area (TPSA) is 25.8 Å². The smallest absolute Gasteiger partial charge is 0.0892 e. The summed E-state index contributed by atoms with van der Waals surface area (Å²) in [6.07, 6.45) is 2.80. The van der Waals surface area contributed by atoms with E-state index in [1.807, 2.05) is 6.20 Å². The molecule has 0 saturated heterocycles. The standard InChI is InChI=1S/C12H14N2/c1-4-10-7-13-11-5-8(2)9(3)6-12(11)14-10/h5-7H,4H2,1-3H3. The molecule has 2 rings (SSSR count). The van der Waals surface area contributed by atoms with Crippen molar-refractivity contribution >= 4 is 11.0 Å². The van der Waals surface area contributed by atoms with Crippen LogP contribution in [0.1, 0.15) is 23.7 Å². The highest BCUT2D eigenvalue weighted by Crippen LogP contribution is 2.15. The second kappa shape index (κ2) is 3.37. The molecule has 2 aromatic rings. The molecule has 0 saturated carbocycles. The molecule has 72 valence electrons. The fourth-order valence-electron chi connectivity index (χ4n) is 1.48. The second-order valence-electron chi connectivity index (χ2n) is 3.64. The summed E-state index contributed by atoms with van der Waals surface area (Å²) in [6.45, 7) is 6.30. The molecular weight excluding hydrogens is 172 g/mol. The number of fused-ring (bicyclic) bond motifs is 1. The minimum Gasteiger partial charge on any atom is -0.253 e. The van der Waals surface area contributed by atoms with E-state index in [1.54, 1.807) is 0 Å². The van der Waals surface area contributed by atoms with E-state index in [1.165, 1.54) is 11.1 Å². The van der Waals surface area contributed by atoms with Crippen molar-refractivity contribution in [3.63, 3.8) is 0 Å². The molecule has 0 amide bonds. The summed E-state index contributed by atoms with van der Waals surface area (Å²) in [4.78, 5) is 8.92. The third-order valence-corrected chi connectivity index (χ3v) is 2.57. The van der Waals surface area contributed by atoms with Crippen LogP contribution in [0, 0.1) is 13.8 Å². The van der Waals surface area contributed by atoms with E-state index in [-0.39, 0.29) is 0 Å². The first-order valence-corrected chi connectivity index (χ1v) is 4.93. The van der Waals surface area contributed by atoms with Crippen LogP contribution in [0.3, 0.4) is 0 Å². The van der Waals surface area contributed by atoms with E-state index in [0.29, 0.717) is 0 Å². The maximum atomic E-state index is 4.53. The van der Waals surface area contributed by atoms with E-state index >= 15 is 0 Å². The van der Waals surface area contributed by atoms with Crippen molar-refractivity contribution in [2.24, 2.45) is 0 Å². The lowest BCUT2D eigenvalue weighted by Crippen LogP contribution is -1.92. The Morgan fingerprint density at radius 1 is 1.07 bits per heavy atom. The lowest BCUT2D eigenvalue weighted by Gasteiger charge is -2.03. The van der Waals surface area contributed by atoms with Crippen molar-refractivity contribution < 1.29 is 0 Å². The number of rotatable bonds is 1. The molecule has 1 aromatic heterocycles. The van der Waals surface area contributed by atoms with Gasteiger partial charge in [0, 0.05) is 6.20 Å². The predicted octanol–water partition coefficient (Wildman–Crippen LogP) is 2.81. The molecular formula is C12H14N2. The number of nitrogens with zero attached hydrogens (tertiary/aromatic N) is 2. The van der Waals surface area contributed by atoms with Crippen molar-refractivity contribution in [1.82, 2.24) is 9.97 Å². The molecule has 0 fully saturated rings.